The molecule has 11 nitrogen and oxygen atoms in total. The number of carbonyl (C=O) groups excluding carboxylic acids is 3. The summed E-state index contributed by atoms with van der Waals surface area (Å²) in [5.74, 6) is 0.332. The summed E-state index contributed by atoms with van der Waals surface area (Å²) in [5, 5.41) is 15.6. The molecule has 2 aromatic rings. The second-order valence-corrected chi connectivity index (χ2v) is 10.2. The Morgan fingerprint density at radius 2 is 1.76 bits per heavy atom. The molecule has 1 aromatic carbocycles. The number of benzene rings is 1. The number of amides is 3. The molecule has 2 aliphatic heterocycles. The Kier molecular flexibility index (Phi) is 6.66. The molecule has 0 atom stereocenters. The average molecular weight is 508 g/mol. The van der Waals surface area contributed by atoms with E-state index >= 15 is 0 Å². The third kappa shape index (κ3) is 4.62. The zero-order valence-electron chi connectivity index (χ0n) is 20.8. The van der Waals surface area contributed by atoms with Crippen LogP contribution in [0.15, 0.2) is 18.2 Å². The van der Waals surface area contributed by atoms with Crippen LogP contribution in [-0.2, 0) is 9.53 Å². The fraction of sp³-hybridized carbons (Fsp3) is 0.538. The molecule has 3 fully saturated rings. The summed E-state index contributed by atoms with van der Waals surface area (Å²) in [4.78, 5) is 41.2. The van der Waals surface area contributed by atoms with E-state index in [-0.39, 0.29) is 29.6 Å². The number of fused-ring (bicyclic) bond motifs is 3. The highest BCUT2D eigenvalue weighted by molar-refractivity contribution is 6.25. The van der Waals surface area contributed by atoms with Crippen molar-refractivity contribution in [2.45, 2.75) is 31.6 Å². The first-order chi connectivity index (χ1) is 18.1. The molecule has 4 aliphatic rings. The van der Waals surface area contributed by atoms with Gasteiger partial charge >= 0.3 is 6.03 Å². The van der Waals surface area contributed by atoms with E-state index in [1.807, 2.05) is 17.0 Å². The van der Waals surface area contributed by atoms with Crippen molar-refractivity contribution in [2.75, 3.05) is 57.8 Å². The minimum absolute atomic E-state index is 0.0509. The van der Waals surface area contributed by atoms with Crippen molar-refractivity contribution in [1.82, 2.24) is 30.8 Å². The molecule has 1 aromatic heterocycles. The van der Waals surface area contributed by atoms with Crippen LogP contribution in [-0.4, -0.2) is 90.3 Å². The maximum atomic E-state index is 13.7. The van der Waals surface area contributed by atoms with Crippen LogP contribution in [0.25, 0.3) is 11.3 Å². The van der Waals surface area contributed by atoms with Crippen molar-refractivity contribution in [3.8, 4) is 11.3 Å². The van der Waals surface area contributed by atoms with Crippen molar-refractivity contribution in [3.05, 3.63) is 35.0 Å². The number of hydrogen-bond donors (Lipinski definition) is 4. The number of aromatic nitrogens is 2. The summed E-state index contributed by atoms with van der Waals surface area (Å²) < 4.78 is 5.32. The maximum Gasteiger partial charge on any atom is 0.333 e. The van der Waals surface area contributed by atoms with Gasteiger partial charge in [0.25, 0.3) is 0 Å². The van der Waals surface area contributed by atoms with Gasteiger partial charge in [-0.25, -0.2) is 9.80 Å². The molecule has 2 saturated heterocycles. The van der Waals surface area contributed by atoms with Crippen LogP contribution < -0.4 is 16.1 Å². The minimum atomic E-state index is -0.385. The van der Waals surface area contributed by atoms with E-state index in [1.165, 1.54) is 0 Å². The number of carbonyl (C=O) groups is 3. The SMILES string of the molecule is O=C(Nc1cccc2c1C(=O)c1c-2[nH]nc1[C@H]1CC[C@H](C(=O)N2CCNCC2)CC1)NN1CCOCC1. The zero-order chi connectivity index (χ0) is 25.4. The number of hydrazine groups is 1. The number of aromatic amines is 1. The number of anilines is 1. The van der Waals surface area contributed by atoms with Gasteiger partial charge in [0.2, 0.25) is 5.91 Å². The molecular formula is C26H33N7O4. The fourth-order valence-corrected chi connectivity index (χ4v) is 6.04. The highest BCUT2D eigenvalue weighted by Crippen LogP contribution is 2.45. The normalized spacial score (nSPS) is 23.9. The number of nitrogens with one attached hydrogen (secondary N) is 4. The lowest BCUT2D eigenvalue weighted by atomic mass is 9.78. The van der Waals surface area contributed by atoms with Crippen molar-refractivity contribution in [1.29, 1.82) is 0 Å². The van der Waals surface area contributed by atoms with Gasteiger partial charge in [-0.3, -0.25) is 20.1 Å². The van der Waals surface area contributed by atoms with E-state index in [4.69, 9.17) is 4.74 Å². The lowest BCUT2D eigenvalue weighted by Crippen LogP contribution is -2.49. The van der Waals surface area contributed by atoms with Crippen LogP contribution in [0, 0.1) is 5.92 Å². The number of morpholine rings is 1. The predicted octanol–water partition coefficient (Wildman–Crippen LogP) is 1.70. The van der Waals surface area contributed by atoms with Crippen LogP contribution in [0.5, 0.6) is 0 Å². The van der Waals surface area contributed by atoms with E-state index in [2.05, 4.69) is 26.3 Å². The molecule has 6 rings (SSSR count). The van der Waals surface area contributed by atoms with E-state index in [0.29, 0.717) is 48.8 Å². The van der Waals surface area contributed by atoms with Gasteiger partial charge in [0, 0.05) is 56.7 Å². The van der Waals surface area contributed by atoms with Crippen LogP contribution in [0.4, 0.5) is 10.5 Å². The van der Waals surface area contributed by atoms with Crippen molar-refractivity contribution < 1.29 is 19.1 Å². The number of urea groups is 1. The van der Waals surface area contributed by atoms with Gasteiger partial charge in [0.15, 0.2) is 5.78 Å². The van der Waals surface area contributed by atoms with Crippen LogP contribution in [0.1, 0.15) is 53.2 Å². The Hall–Kier alpha value is -3.28. The monoisotopic (exact) mass is 507 g/mol. The summed E-state index contributed by atoms with van der Waals surface area (Å²) in [5.41, 5.74) is 6.66. The summed E-state index contributed by atoms with van der Waals surface area (Å²) in [6.45, 7) is 5.62. The zero-order valence-corrected chi connectivity index (χ0v) is 20.8. The lowest BCUT2D eigenvalue weighted by Gasteiger charge is -2.34. The standard InChI is InChI=1S/C26H33N7O4/c34-24-20-18(2-1-3-19(20)28-26(36)31-33-12-14-37-15-13-33)23-21(24)22(29-30-23)16-4-6-17(7-5-16)25(35)32-10-8-27-9-11-32/h1-3,16-17,27H,4-15H2,(H,29,30)(H2,28,31,36)/t16-,17-. The van der Waals surface area contributed by atoms with Crippen LogP contribution in [0.2, 0.25) is 0 Å². The maximum absolute atomic E-state index is 13.7. The topological polar surface area (TPSA) is 132 Å². The molecule has 3 amide bonds. The van der Waals surface area contributed by atoms with Crippen LogP contribution in [0.3, 0.4) is 0 Å². The molecule has 0 bridgehead atoms. The molecule has 3 heterocycles. The number of rotatable bonds is 4. The third-order valence-corrected chi connectivity index (χ3v) is 7.99. The Morgan fingerprint density at radius 3 is 2.51 bits per heavy atom. The summed E-state index contributed by atoms with van der Waals surface area (Å²) in [6.07, 6.45) is 3.28. The van der Waals surface area contributed by atoms with Crippen LogP contribution >= 0.6 is 0 Å². The molecule has 0 spiro atoms. The first-order valence-corrected chi connectivity index (χ1v) is 13.3. The lowest BCUT2D eigenvalue weighted by molar-refractivity contribution is -0.137. The average Bonchev–Trinajstić information content (AvgIpc) is 3.49. The number of ketones is 1. The Labute approximate surface area is 215 Å². The van der Waals surface area contributed by atoms with Gasteiger partial charge in [-0.2, -0.15) is 5.10 Å². The molecule has 196 valence electrons. The molecule has 11 heteroatoms. The molecular weight excluding hydrogens is 474 g/mol. The Bertz CT molecular complexity index is 1190. The van der Waals surface area contributed by atoms with Gasteiger partial charge in [0.1, 0.15) is 0 Å². The molecule has 1 saturated carbocycles. The quantitative estimate of drug-likeness (QED) is 0.423. The van der Waals surface area contributed by atoms with Gasteiger partial charge in [-0.05, 0) is 31.7 Å². The first-order valence-electron chi connectivity index (χ1n) is 13.3. The number of nitrogens with zero attached hydrogens (tertiary/aromatic N) is 3. The van der Waals surface area contributed by atoms with Gasteiger partial charge in [0.05, 0.1) is 41.4 Å². The third-order valence-electron chi connectivity index (χ3n) is 7.99. The largest absolute Gasteiger partial charge is 0.379 e. The summed E-state index contributed by atoms with van der Waals surface area (Å²) >= 11 is 0. The van der Waals surface area contributed by atoms with Gasteiger partial charge in [-0.15, -0.1) is 0 Å². The van der Waals surface area contributed by atoms with Crippen molar-refractivity contribution in [3.63, 3.8) is 0 Å². The number of hydrogen-bond acceptors (Lipinski definition) is 7. The second kappa shape index (κ2) is 10.2. The molecule has 0 unspecified atom stereocenters. The molecule has 0 radical (unpaired) electrons. The van der Waals surface area contributed by atoms with Gasteiger partial charge in [-0.1, -0.05) is 12.1 Å². The Morgan fingerprint density at radius 1 is 1.00 bits per heavy atom. The van der Waals surface area contributed by atoms with E-state index < -0.39 is 0 Å². The number of piperazine rings is 1. The van der Waals surface area contributed by atoms with E-state index in [9.17, 15) is 14.4 Å². The summed E-state index contributed by atoms with van der Waals surface area (Å²) in [6, 6.07) is 5.08. The smallest absolute Gasteiger partial charge is 0.333 e. The highest BCUT2D eigenvalue weighted by Gasteiger charge is 2.39. The van der Waals surface area contributed by atoms with Gasteiger partial charge < -0.3 is 20.3 Å². The Balaban J connectivity index is 1.14. The second-order valence-electron chi connectivity index (χ2n) is 10.2. The first kappa shape index (κ1) is 24.1. The fourth-order valence-electron chi connectivity index (χ4n) is 6.04. The highest BCUT2D eigenvalue weighted by atomic mass is 16.5. The molecule has 4 N–H and O–H groups in total. The van der Waals surface area contributed by atoms with E-state index in [0.717, 1.165) is 63.1 Å². The summed E-state index contributed by atoms with van der Waals surface area (Å²) in [7, 11) is 0. The van der Waals surface area contributed by atoms with Crippen molar-refractivity contribution in [2.24, 2.45) is 5.92 Å². The van der Waals surface area contributed by atoms with E-state index in [1.54, 1.807) is 11.1 Å². The molecule has 2 aliphatic carbocycles. The van der Waals surface area contributed by atoms with Crippen molar-refractivity contribution >= 4 is 23.4 Å². The minimum Gasteiger partial charge on any atom is -0.379 e. The molecule has 37 heavy (non-hydrogen) atoms. The predicted molar refractivity (Wildman–Crippen MR) is 136 cm³/mol. The number of ether oxygens (including phenoxy) is 1. The number of H-pyrrole nitrogens is 1.